The van der Waals surface area contributed by atoms with Crippen molar-refractivity contribution in [3.05, 3.63) is 78.1 Å². The minimum atomic E-state index is 0.667. The van der Waals surface area contributed by atoms with Gasteiger partial charge in [-0.05, 0) is 48.0 Å². The summed E-state index contributed by atoms with van der Waals surface area (Å²) >= 11 is 6.05. The first-order valence-electron chi connectivity index (χ1n) is 8.11. The lowest BCUT2D eigenvalue weighted by Gasteiger charge is -2.09. The van der Waals surface area contributed by atoms with Crippen molar-refractivity contribution in [2.45, 2.75) is 0 Å². The molecule has 26 heavy (non-hydrogen) atoms. The zero-order valence-electron chi connectivity index (χ0n) is 13.5. The second-order valence-electron chi connectivity index (χ2n) is 5.88. The molecular weight excluding hydrogens is 346 g/mol. The number of nitrogens with zero attached hydrogens (tertiary/aromatic N) is 5. The molecule has 0 aliphatic carbocycles. The maximum atomic E-state index is 6.05. The van der Waals surface area contributed by atoms with E-state index in [0.29, 0.717) is 10.8 Å². The van der Waals surface area contributed by atoms with Gasteiger partial charge in [0.25, 0.3) is 0 Å². The molecule has 0 unspecified atom stereocenters. The Bertz CT molecular complexity index is 1230. The number of hydrogen-bond acceptors (Lipinski definition) is 4. The number of pyridine rings is 3. The first kappa shape index (κ1) is 15.0. The largest absolute Gasteiger partial charge is 0.257 e. The van der Waals surface area contributed by atoms with Crippen LogP contribution in [-0.4, -0.2) is 24.6 Å². The van der Waals surface area contributed by atoms with Crippen LogP contribution >= 0.6 is 11.6 Å². The summed E-state index contributed by atoms with van der Waals surface area (Å²) in [6, 6.07) is 19.5. The molecule has 4 aromatic heterocycles. The fourth-order valence-electron chi connectivity index (χ4n) is 3.09. The van der Waals surface area contributed by atoms with Crippen LogP contribution in [0.25, 0.3) is 39.3 Å². The third-order valence-electron chi connectivity index (χ3n) is 4.28. The first-order valence-corrected chi connectivity index (χ1v) is 8.49. The van der Waals surface area contributed by atoms with Crippen LogP contribution in [0.2, 0.25) is 5.02 Å². The molecule has 4 heterocycles. The molecule has 0 N–H and O–H groups in total. The van der Waals surface area contributed by atoms with Crippen LogP contribution in [0, 0.1) is 0 Å². The zero-order valence-corrected chi connectivity index (χ0v) is 14.3. The molecule has 0 saturated heterocycles. The van der Waals surface area contributed by atoms with Gasteiger partial charge in [-0.2, -0.15) is 0 Å². The average Bonchev–Trinajstić information content (AvgIpc) is 3.14. The van der Waals surface area contributed by atoms with Gasteiger partial charge in [0.2, 0.25) is 0 Å². The first-order chi connectivity index (χ1) is 12.8. The fourth-order valence-corrected chi connectivity index (χ4v) is 3.22. The summed E-state index contributed by atoms with van der Waals surface area (Å²) in [6.45, 7) is 0. The van der Waals surface area contributed by atoms with Crippen molar-refractivity contribution in [3.63, 3.8) is 0 Å². The van der Waals surface area contributed by atoms with Crippen molar-refractivity contribution in [1.29, 1.82) is 0 Å². The summed E-state index contributed by atoms with van der Waals surface area (Å²) in [7, 11) is 0. The molecule has 0 amide bonds. The highest BCUT2D eigenvalue weighted by molar-refractivity contribution is 6.30. The highest BCUT2D eigenvalue weighted by Gasteiger charge is 2.17. The van der Waals surface area contributed by atoms with Gasteiger partial charge in [-0.1, -0.05) is 29.8 Å². The summed E-state index contributed by atoms with van der Waals surface area (Å²) < 4.78 is 1.96. The number of halogens is 1. The van der Waals surface area contributed by atoms with Gasteiger partial charge < -0.3 is 0 Å². The predicted octanol–water partition coefficient (Wildman–Crippen LogP) is 4.66. The molecule has 1 aromatic carbocycles. The van der Waals surface area contributed by atoms with Gasteiger partial charge in [-0.25, -0.2) is 4.98 Å². The molecule has 0 bridgehead atoms. The molecule has 0 aliphatic rings. The van der Waals surface area contributed by atoms with Crippen LogP contribution in [-0.2, 0) is 0 Å². The van der Waals surface area contributed by atoms with Gasteiger partial charge in [0.05, 0.1) is 0 Å². The highest BCUT2D eigenvalue weighted by atomic mass is 35.5. The van der Waals surface area contributed by atoms with E-state index in [0.717, 1.165) is 33.5 Å². The zero-order chi connectivity index (χ0) is 17.5. The average molecular weight is 358 g/mol. The van der Waals surface area contributed by atoms with E-state index in [2.05, 4.69) is 26.2 Å². The van der Waals surface area contributed by atoms with Gasteiger partial charge in [-0.15, -0.1) is 10.2 Å². The molecular formula is C20H12ClN5. The molecule has 0 spiro atoms. The molecule has 6 heteroatoms. The Morgan fingerprint density at radius 1 is 0.769 bits per heavy atom. The molecule has 124 valence electrons. The standard InChI is InChI=1S/C20H12ClN5/c21-15-8-6-13(7-9-15)16-12-14-4-3-11-23-18(14)26-19(16)24-25-20(26)17-5-1-2-10-22-17/h1-12H. The summed E-state index contributed by atoms with van der Waals surface area (Å²) in [6.07, 6.45) is 3.51. The molecule has 5 aromatic rings. The monoisotopic (exact) mass is 357 g/mol. The number of benzene rings is 1. The molecule has 5 nitrogen and oxygen atoms in total. The van der Waals surface area contributed by atoms with Crippen molar-refractivity contribution in [3.8, 4) is 22.6 Å². The Balaban J connectivity index is 1.90. The number of rotatable bonds is 2. The Morgan fingerprint density at radius 3 is 2.42 bits per heavy atom. The van der Waals surface area contributed by atoms with Gasteiger partial charge in [-0.3, -0.25) is 9.38 Å². The molecule has 0 radical (unpaired) electrons. The lowest BCUT2D eigenvalue weighted by Crippen LogP contribution is -1.97. The predicted molar refractivity (Wildman–Crippen MR) is 102 cm³/mol. The van der Waals surface area contributed by atoms with E-state index in [9.17, 15) is 0 Å². The fraction of sp³-hybridized carbons (Fsp3) is 0. The van der Waals surface area contributed by atoms with Crippen LogP contribution in [0.5, 0.6) is 0 Å². The third-order valence-corrected chi connectivity index (χ3v) is 4.53. The highest BCUT2D eigenvalue weighted by Crippen LogP contribution is 2.31. The van der Waals surface area contributed by atoms with Crippen molar-refractivity contribution in [2.75, 3.05) is 0 Å². The SMILES string of the molecule is Clc1ccc(-c2cc3cccnc3n3c(-c4ccccn4)nnc23)cc1. The van der Waals surface area contributed by atoms with Crippen LogP contribution in [0.4, 0.5) is 0 Å². The van der Waals surface area contributed by atoms with E-state index in [1.165, 1.54) is 0 Å². The topological polar surface area (TPSA) is 56.0 Å². The smallest absolute Gasteiger partial charge is 0.188 e. The van der Waals surface area contributed by atoms with Crippen molar-refractivity contribution < 1.29 is 0 Å². The van der Waals surface area contributed by atoms with Crippen molar-refractivity contribution in [1.82, 2.24) is 24.6 Å². The molecule has 0 saturated carbocycles. The van der Waals surface area contributed by atoms with E-state index in [1.807, 2.05) is 59.0 Å². The maximum absolute atomic E-state index is 6.05. The lowest BCUT2D eigenvalue weighted by atomic mass is 10.1. The minimum Gasteiger partial charge on any atom is -0.257 e. The maximum Gasteiger partial charge on any atom is 0.188 e. The van der Waals surface area contributed by atoms with E-state index >= 15 is 0 Å². The Labute approximate surface area is 153 Å². The second kappa shape index (κ2) is 5.89. The number of fused-ring (bicyclic) bond motifs is 3. The van der Waals surface area contributed by atoms with Crippen LogP contribution in [0.15, 0.2) is 73.1 Å². The van der Waals surface area contributed by atoms with Gasteiger partial charge >= 0.3 is 0 Å². The molecule has 0 atom stereocenters. The van der Waals surface area contributed by atoms with E-state index in [1.54, 1.807) is 12.4 Å². The number of aromatic nitrogens is 5. The summed E-state index contributed by atoms with van der Waals surface area (Å²) in [5.74, 6) is 0.667. The molecule has 0 fully saturated rings. The molecule has 5 rings (SSSR count). The van der Waals surface area contributed by atoms with Crippen molar-refractivity contribution >= 4 is 28.3 Å². The quantitative estimate of drug-likeness (QED) is 0.461. The van der Waals surface area contributed by atoms with Gasteiger partial charge in [0.15, 0.2) is 11.5 Å². The van der Waals surface area contributed by atoms with E-state index in [-0.39, 0.29) is 0 Å². The van der Waals surface area contributed by atoms with Gasteiger partial charge in [0, 0.05) is 28.4 Å². The summed E-state index contributed by atoms with van der Waals surface area (Å²) in [4.78, 5) is 8.97. The Kier molecular flexibility index (Phi) is 3.40. The van der Waals surface area contributed by atoms with Crippen molar-refractivity contribution in [2.24, 2.45) is 0 Å². The normalized spacial score (nSPS) is 11.3. The van der Waals surface area contributed by atoms with E-state index < -0.39 is 0 Å². The minimum absolute atomic E-state index is 0.667. The molecule has 0 aliphatic heterocycles. The van der Waals surface area contributed by atoms with E-state index in [4.69, 9.17) is 11.6 Å². The second-order valence-corrected chi connectivity index (χ2v) is 6.32. The Morgan fingerprint density at radius 2 is 1.62 bits per heavy atom. The lowest BCUT2D eigenvalue weighted by molar-refractivity contribution is 1.09. The summed E-state index contributed by atoms with van der Waals surface area (Å²) in [5.41, 5.74) is 4.27. The van der Waals surface area contributed by atoms with Crippen LogP contribution in [0.3, 0.4) is 0 Å². The van der Waals surface area contributed by atoms with Crippen LogP contribution < -0.4 is 0 Å². The number of hydrogen-bond donors (Lipinski definition) is 0. The van der Waals surface area contributed by atoms with Gasteiger partial charge in [0.1, 0.15) is 11.3 Å². The summed E-state index contributed by atoms with van der Waals surface area (Å²) in [5, 5.41) is 10.5. The Hall–Kier alpha value is -3.31. The van der Waals surface area contributed by atoms with Crippen LogP contribution in [0.1, 0.15) is 0 Å². The third kappa shape index (κ3) is 2.33.